The quantitative estimate of drug-likeness (QED) is 0.786. The van der Waals surface area contributed by atoms with E-state index in [2.05, 4.69) is 10.3 Å². The molecule has 5 heteroatoms. The molecule has 0 aliphatic rings. The van der Waals surface area contributed by atoms with E-state index < -0.39 is 0 Å². The molecule has 3 rings (SSSR count). The maximum atomic E-state index is 11.9. The van der Waals surface area contributed by atoms with Crippen LogP contribution in [0.25, 0.3) is 11.1 Å². The molecule has 0 aliphatic carbocycles. The average Bonchev–Trinajstić information content (AvgIpc) is 3.07. The third-order valence-corrected chi connectivity index (χ3v) is 2.90. The summed E-state index contributed by atoms with van der Waals surface area (Å²) in [6.45, 7) is 4.04. The van der Waals surface area contributed by atoms with Gasteiger partial charge >= 0.3 is 0 Å². The summed E-state index contributed by atoms with van der Waals surface area (Å²) in [5, 5.41) is 2.75. The summed E-state index contributed by atoms with van der Waals surface area (Å²) >= 11 is 0. The van der Waals surface area contributed by atoms with Crippen molar-refractivity contribution in [1.82, 2.24) is 4.98 Å². The van der Waals surface area contributed by atoms with E-state index in [1.54, 1.807) is 24.3 Å². The van der Waals surface area contributed by atoms with Crippen molar-refractivity contribution in [1.29, 1.82) is 0 Å². The lowest BCUT2D eigenvalue weighted by molar-refractivity contribution is 0.0996. The van der Waals surface area contributed by atoms with Crippen LogP contribution in [0.2, 0.25) is 0 Å². The highest BCUT2D eigenvalue weighted by Crippen LogP contribution is 2.24. The van der Waals surface area contributed by atoms with Gasteiger partial charge in [-0.25, -0.2) is 4.98 Å². The van der Waals surface area contributed by atoms with Crippen LogP contribution in [-0.4, -0.2) is 10.9 Å². The van der Waals surface area contributed by atoms with Gasteiger partial charge in [0.15, 0.2) is 17.2 Å². The molecule has 0 radical (unpaired) electrons. The molecule has 1 N–H and O–H groups in total. The number of furan rings is 1. The van der Waals surface area contributed by atoms with E-state index in [1.165, 1.54) is 6.26 Å². The van der Waals surface area contributed by atoms with Crippen LogP contribution in [0.15, 0.2) is 45.4 Å². The molecule has 1 aromatic carbocycles. The third-order valence-electron chi connectivity index (χ3n) is 2.90. The molecule has 0 saturated heterocycles. The second-order valence-corrected chi connectivity index (χ2v) is 4.82. The van der Waals surface area contributed by atoms with Crippen LogP contribution >= 0.6 is 0 Å². The molecule has 0 atom stereocenters. The monoisotopic (exact) mass is 270 g/mol. The topological polar surface area (TPSA) is 68.3 Å². The van der Waals surface area contributed by atoms with Gasteiger partial charge in [-0.15, -0.1) is 0 Å². The van der Waals surface area contributed by atoms with Gasteiger partial charge in [0.05, 0.1) is 6.26 Å². The molecule has 0 saturated carbocycles. The first-order valence-electron chi connectivity index (χ1n) is 6.39. The summed E-state index contributed by atoms with van der Waals surface area (Å²) in [5.74, 6) is 0.890. The minimum Gasteiger partial charge on any atom is -0.459 e. The van der Waals surface area contributed by atoms with E-state index in [0.717, 1.165) is 5.52 Å². The number of hydrogen-bond acceptors (Lipinski definition) is 4. The van der Waals surface area contributed by atoms with Crippen LogP contribution in [0.1, 0.15) is 36.2 Å². The Labute approximate surface area is 115 Å². The molecule has 20 heavy (non-hydrogen) atoms. The first kappa shape index (κ1) is 12.5. The van der Waals surface area contributed by atoms with Crippen molar-refractivity contribution >= 4 is 22.7 Å². The van der Waals surface area contributed by atoms with Gasteiger partial charge in [0.1, 0.15) is 5.52 Å². The Morgan fingerprint density at radius 3 is 2.85 bits per heavy atom. The van der Waals surface area contributed by atoms with Crippen LogP contribution in [0.3, 0.4) is 0 Å². The second kappa shape index (κ2) is 4.85. The highest BCUT2D eigenvalue weighted by molar-refractivity contribution is 6.02. The zero-order valence-electron chi connectivity index (χ0n) is 11.2. The number of carbonyl (C=O) groups excluding carboxylic acids is 1. The van der Waals surface area contributed by atoms with E-state index in [0.29, 0.717) is 17.2 Å². The highest BCUT2D eigenvalue weighted by atomic mass is 16.3. The summed E-state index contributed by atoms with van der Waals surface area (Å²) in [6, 6.07) is 8.65. The van der Waals surface area contributed by atoms with Crippen molar-refractivity contribution in [2.75, 3.05) is 5.32 Å². The van der Waals surface area contributed by atoms with Crippen molar-refractivity contribution in [3.8, 4) is 0 Å². The number of rotatable bonds is 3. The number of hydrogen-bond donors (Lipinski definition) is 1. The Balaban J connectivity index is 1.87. The molecule has 1 amide bonds. The minimum atomic E-state index is -0.294. The summed E-state index contributed by atoms with van der Waals surface area (Å²) in [4.78, 5) is 16.3. The van der Waals surface area contributed by atoms with Gasteiger partial charge < -0.3 is 14.2 Å². The van der Waals surface area contributed by atoms with Gasteiger partial charge in [0.25, 0.3) is 5.91 Å². The molecule has 0 fully saturated rings. The molecule has 5 nitrogen and oxygen atoms in total. The lowest BCUT2D eigenvalue weighted by Gasteiger charge is -2.02. The van der Waals surface area contributed by atoms with Gasteiger partial charge in [-0.2, -0.15) is 0 Å². The van der Waals surface area contributed by atoms with Gasteiger partial charge in [0.2, 0.25) is 0 Å². The number of amides is 1. The Kier molecular flexibility index (Phi) is 3.02. The molecule has 0 aliphatic heterocycles. The normalized spacial score (nSPS) is 11.2. The van der Waals surface area contributed by atoms with Crippen molar-refractivity contribution in [2.24, 2.45) is 0 Å². The number of nitrogens with zero attached hydrogens (tertiary/aromatic N) is 1. The second-order valence-electron chi connectivity index (χ2n) is 4.82. The van der Waals surface area contributed by atoms with Crippen LogP contribution < -0.4 is 5.32 Å². The molecule has 3 aromatic rings. The average molecular weight is 270 g/mol. The number of carbonyl (C=O) groups is 1. The third kappa shape index (κ3) is 2.30. The number of anilines is 1. The Morgan fingerprint density at radius 1 is 1.30 bits per heavy atom. The summed E-state index contributed by atoms with van der Waals surface area (Å²) in [5.41, 5.74) is 2.08. The van der Waals surface area contributed by atoms with Gasteiger partial charge in [-0.3, -0.25) is 4.79 Å². The number of fused-ring (bicyclic) bond motifs is 1. The fourth-order valence-corrected chi connectivity index (χ4v) is 1.87. The zero-order valence-corrected chi connectivity index (χ0v) is 11.2. The van der Waals surface area contributed by atoms with Gasteiger partial charge in [0, 0.05) is 17.7 Å². The Hall–Kier alpha value is -2.56. The maximum Gasteiger partial charge on any atom is 0.291 e. The minimum absolute atomic E-state index is 0.226. The molecular formula is C15H14N2O3. The first-order chi connectivity index (χ1) is 9.63. The molecule has 0 spiro atoms. The van der Waals surface area contributed by atoms with Crippen LogP contribution in [0.4, 0.5) is 5.69 Å². The summed E-state index contributed by atoms with van der Waals surface area (Å²) < 4.78 is 10.7. The predicted molar refractivity (Wildman–Crippen MR) is 74.8 cm³/mol. The molecule has 102 valence electrons. The van der Waals surface area contributed by atoms with E-state index >= 15 is 0 Å². The zero-order chi connectivity index (χ0) is 14.1. The molecule has 2 aromatic heterocycles. The standard InChI is InChI=1S/C15H14N2O3/c1-9(2)15-17-11-6-5-10(8-13(11)20-15)16-14(18)12-4-3-7-19-12/h3-9H,1-2H3,(H,16,18). The SMILES string of the molecule is CC(C)c1nc2ccc(NC(=O)c3ccco3)cc2o1. The van der Waals surface area contributed by atoms with E-state index in [9.17, 15) is 4.79 Å². The Bertz CT molecular complexity index is 742. The van der Waals surface area contributed by atoms with Crippen LogP contribution in [-0.2, 0) is 0 Å². The maximum absolute atomic E-state index is 11.9. The first-order valence-corrected chi connectivity index (χ1v) is 6.39. The number of benzene rings is 1. The predicted octanol–water partition coefficient (Wildman–Crippen LogP) is 3.80. The molecular weight excluding hydrogens is 256 g/mol. The van der Waals surface area contributed by atoms with E-state index in [1.807, 2.05) is 19.9 Å². The van der Waals surface area contributed by atoms with Crippen LogP contribution in [0, 0.1) is 0 Å². The fourth-order valence-electron chi connectivity index (χ4n) is 1.87. The molecule has 0 unspecified atom stereocenters. The highest BCUT2D eigenvalue weighted by Gasteiger charge is 2.12. The van der Waals surface area contributed by atoms with Crippen LogP contribution in [0.5, 0.6) is 0 Å². The van der Waals surface area contributed by atoms with Crippen molar-refractivity contribution in [2.45, 2.75) is 19.8 Å². The largest absolute Gasteiger partial charge is 0.459 e. The molecule has 2 heterocycles. The van der Waals surface area contributed by atoms with Crippen molar-refractivity contribution in [3.63, 3.8) is 0 Å². The van der Waals surface area contributed by atoms with E-state index in [-0.39, 0.29) is 17.6 Å². The van der Waals surface area contributed by atoms with Gasteiger partial charge in [-0.05, 0) is 24.3 Å². The number of aromatic nitrogens is 1. The van der Waals surface area contributed by atoms with E-state index in [4.69, 9.17) is 8.83 Å². The smallest absolute Gasteiger partial charge is 0.291 e. The number of nitrogens with one attached hydrogen (secondary N) is 1. The fraction of sp³-hybridized carbons (Fsp3) is 0.200. The van der Waals surface area contributed by atoms with Crippen molar-refractivity contribution in [3.05, 3.63) is 48.2 Å². The van der Waals surface area contributed by atoms with Gasteiger partial charge in [-0.1, -0.05) is 13.8 Å². The number of oxazole rings is 1. The molecule has 0 bridgehead atoms. The van der Waals surface area contributed by atoms with Crippen molar-refractivity contribution < 1.29 is 13.6 Å². The lowest BCUT2D eigenvalue weighted by atomic mass is 10.2. The lowest BCUT2D eigenvalue weighted by Crippen LogP contribution is -2.10. The summed E-state index contributed by atoms with van der Waals surface area (Å²) in [6.07, 6.45) is 1.46. The summed E-state index contributed by atoms with van der Waals surface area (Å²) in [7, 11) is 0. The Morgan fingerprint density at radius 2 is 2.15 bits per heavy atom.